The van der Waals surface area contributed by atoms with Crippen molar-refractivity contribution >= 4 is 95.2 Å². The van der Waals surface area contributed by atoms with Gasteiger partial charge in [0.15, 0.2) is 0 Å². The summed E-state index contributed by atoms with van der Waals surface area (Å²) in [6.45, 7) is 8.57. The van der Waals surface area contributed by atoms with Crippen LogP contribution in [0.2, 0.25) is 0 Å². The summed E-state index contributed by atoms with van der Waals surface area (Å²) >= 11 is 14.2. The van der Waals surface area contributed by atoms with Gasteiger partial charge in [-0.3, -0.25) is 9.59 Å². The molecule has 10 heteroatoms. The molecule has 4 heterocycles. The number of allylic oxidation sites excluding steroid dienone is 1. The van der Waals surface area contributed by atoms with Crippen LogP contribution in [-0.2, 0) is 38.3 Å². The Hall–Kier alpha value is -1.56. The highest BCUT2D eigenvalue weighted by atomic mass is 79.9. The number of carbonyl (C=O) groups excluding carboxylic acids is 2. The quantitative estimate of drug-likeness (QED) is 0.0890. The Balaban J connectivity index is 1.85. The summed E-state index contributed by atoms with van der Waals surface area (Å²) in [7, 11) is 0. The highest BCUT2D eigenvalue weighted by molar-refractivity contribution is 9.11. The first-order valence-corrected chi connectivity index (χ1v) is 19.4. The highest BCUT2D eigenvalue weighted by Gasteiger charge is 2.25. The Morgan fingerprint density at radius 1 is 0.698 bits per heavy atom. The number of thiophene rings is 4. The van der Waals surface area contributed by atoms with Crippen LogP contribution in [0.25, 0.3) is 35.3 Å². The monoisotopic (exact) mass is 782 g/mol. The van der Waals surface area contributed by atoms with Gasteiger partial charge in [-0.15, -0.1) is 45.3 Å². The maximum atomic E-state index is 12.8. The van der Waals surface area contributed by atoms with E-state index in [1.165, 1.54) is 29.7 Å². The SMILES string of the molecule is C/C=C/c1cc(Br)sc1-c1cc(CC(=O)OCC)c(-c2sc(-c3sc(Br)cc3CCCCCC)cc2CC(=O)OCC)s1. The zero-order valence-electron chi connectivity index (χ0n) is 24.8. The molecule has 230 valence electrons. The van der Waals surface area contributed by atoms with E-state index in [2.05, 4.69) is 69.1 Å². The van der Waals surface area contributed by atoms with Crippen LogP contribution < -0.4 is 0 Å². The van der Waals surface area contributed by atoms with Gasteiger partial charge in [-0.25, -0.2) is 0 Å². The molecule has 0 saturated heterocycles. The summed E-state index contributed by atoms with van der Waals surface area (Å²) < 4.78 is 12.9. The molecule has 0 N–H and O–H groups in total. The Bertz CT molecular complexity index is 1570. The average Bonchev–Trinajstić information content (AvgIpc) is 3.73. The third kappa shape index (κ3) is 9.01. The van der Waals surface area contributed by atoms with E-state index in [4.69, 9.17) is 9.47 Å². The van der Waals surface area contributed by atoms with Crippen molar-refractivity contribution < 1.29 is 19.1 Å². The predicted molar refractivity (Wildman–Crippen MR) is 193 cm³/mol. The summed E-state index contributed by atoms with van der Waals surface area (Å²) in [5, 5.41) is 0. The summed E-state index contributed by atoms with van der Waals surface area (Å²) in [5.74, 6) is -0.504. The largest absolute Gasteiger partial charge is 0.466 e. The summed E-state index contributed by atoms with van der Waals surface area (Å²) in [5.41, 5.74) is 4.31. The van der Waals surface area contributed by atoms with Crippen LogP contribution >= 0.6 is 77.2 Å². The van der Waals surface area contributed by atoms with Crippen LogP contribution in [0, 0.1) is 0 Å². The van der Waals surface area contributed by atoms with Gasteiger partial charge in [-0.05, 0) is 112 Å². The Morgan fingerprint density at radius 3 is 1.81 bits per heavy atom. The normalized spacial score (nSPS) is 11.5. The molecule has 0 fully saturated rings. The summed E-state index contributed by atoms with van der Waals surface area (Å²) in [4.78, 5) is 32.2. The van der Waals surface area contributed by atoms with Crippen LogP contribution in [0.5, 0.6) is 0 Å². The second-order valence-corrected chi connectivity index (χ2v) is 16.9. The number of rotatable bonds is 15. The molecule has 0 aliphatic heterocycles. The van der Waals surface area contributed by atoms with Crippen molar-refractivity contribution in [2.24, 2.45) is 0 Å². The first-order valence-electron chi connectivity index (χ1n) is 14.6. The molecular formula is C33H36Br2O4S4. The van der Waals surface area contributed by atoms with Gasteiger partial charge in [-0.2, -0.15) is 0 Å². The van der Waals surface area contributed by atoms with E-state index in [0.29, 0.717) is 13.2 Å². The van der Waals surface area contributed by atoms with Crippen molar-refractivity contribution in [3.63, 3.8) is 0 Å². The van der Waals surface area contributed by atoms with Crippen molar-refractivity contribution in [1.29, 1.82) is 0 Å². The molecule has 4 nitrogen and oxygen atoms in total. The van der Waals surface area contributed by atoms with E-state index in [9.17, 15) is 9.59 Å². The van der Waals surface area contributed by atoms with Crippen molar-refractivity contribution in [1.82, 2.24) is 0 Å². The molecule has 4 aromatic rings. The molecule has 0 saturated carbocycles. The maximum Gasteiger partial charge on any atom is 0.310 e. The van der Waals surface area contributed by atoms with Gasteiger partial charge in [0, 0.05) is 24.4 Å². The first kappa shape index (κ1) is 34.3. The van der Waals surface area contributed by atoms with Crippen LogP contribution in [0.4, 0.5) is 0 Å². The molecule has 0 amide bonds. The van der Waals surface area contributed by atoms with Crippen LogP contribution in [0.3, 0.4) is 0 Å². The zero-order chi connectivity index (χ0) is 30.9. The number of esters is 2. The number of hydrogen-bond acceptors (Lipinski definition) is 8. The molecule has 0 aromatic carbocycles. The molecule has 4 aromatic heterocycles. The minimum absolute atomic E-state index is 0.171. The van der Waals surface area contributed by atoms with E-state index < -0.39 is 0 Å². The van der Waals surface area contributed by atoms with Gasteiger partial charge >= 0.3 is 11.9 Å². The number of hydrogen-bond donors (Lipinski definition) is 0. The molecule has 0 aliphatic carbocycles. The van der Waals surface area contributed by atoms with Gasteiger partial charge in [0.25, 0.3) is 0 Å². The smallest absolute Gasteiger partial charge is 0.310 e. The molecule has 0 atom stereocenters. The van der Waals surface area contributed by atoms with E-state index in [-0.39, 0.29) is 24.8 Å². The third-order valence-corrected chi connectivity index (χ3v) is 12.9. The minimum Gasteiger partial charge on any atom is -0.466 e. The topological polar surface area (TPSA) is 52.6 Å². The fourth-order valence-electron chi connectivity index (χ4n) is 4.86. The molecule has 43 heavy (non-hydrogen) atoms. The Morgan fingerprint density at radius 2 is 1.26 bits per heavy atom. The summed E-state index contributed by atoms with van der Waals surface area (Å²) in [6, 6.07) is 8.64. The van der Waals surface area contributed by atoms with Crippen LogP contribution in [0.1, 0.15) is 75.6 Å². The second-order valence-electron chi connectivity index (χ2n) is 9.94. The molecule has 0 unspecified atom stereocenters. The number of carbonyl (C=O) groups is 2. The molecule has 0 spiro atoms. The number of ether oxygens (including phenoxy) is 2. The lowest BCUT2D eigenvalue weighted by Gasteiger charge is -2.06. The summed E-state index contributed by atoms with van der Waals surface area (Å²) in [6.07, 6.45) is 10.3. The number of aryl methyl sites for hydroxylation is 1. The van der Waals surface area contributed by atoms with E-state index >= 15 is 0 Å². The van der Waals surface area contributed by atoms with Crippen molar-refractivity contribution in [3.05, 3.63) is 60.2 Å². The molecule has 0 bridgehead atoms. The standard InChI is InChI=1S/C33H36Br2O4S4/c1-5-9-10-11-13-21-17-27(35)43-31(21)25-15-23(19-29(37)39-8-4)33(41-25)32-22(18-28(36)38-7-3)14-24(40-32)30-20(12-6-2)16-26(34)42-30/h6,12,14-17H,5,7-11,13,18-19H2,1-4H3/b12-6+. The van der Waals surface area contributed by atoms with Gasteiger partial charge in [0.1, 0.15) is 0 Å². The van der Waals surface area contributed by atoms with Gasteiger partial charge in [-0.1, -0.05) is 38.3 Å². The molecular weight excluding hydrogens is 748 g/mol. The Kier molecular flexibility index (Phi) is 13.3. The fraction of sp³-hybridized carbons (Fsp3) is 0.394. The molecule has 0 aliphatic rings. The molecule has 0 radical (unpaired) electrons. The lowest BCUT2D eigenvalue weighted by molar-refractivity contribution is -0.143. The van der Waals surface area contributed by atoms with Gasteiger partial charge in [0.05, 0.1) is 38.5 Å². The van der Waals surface area contributed by atoms with Gasteiger partial charge in [0.2, 0.25) is 0 Å². The van der Waals surface area contributed by atoms with E-state index in [0.717, 1.165) is 61.5 Å². The van der Waals surface area contributed by atoms with E-state index in [1.807, 2.05) is 26.8 Å². The van der Waals surface area contributed by atoms with Crippen LogP contribution in [0.15, 0.2) is 37.9 Å². The first-order chi connectivity index (χ1) is 20.8. The van der Waals surface area contributed by atoms with E-state index in [1.54, 1.807) is 45.3 Å². The predicted octanol–water partition coefficient (Wildman–Crippen LogP) is 11.8. The highest BCUT2D eigenvalue weighted by Crippen LogP contribution is 2.50. The van der Waals surface area contributed by atoms with Gasteiger partial charge < -0.3 is 9.47 Å². The zero-order valence-corrected chi connectivity index (χ0v) is 31.3. The van der Waals surface area contributed by atoms with Crippen molar-refractivity contribution in [3.8, 4) is 29.3 Å². The average molecular weight is 785 g/mol. The van der Waals surface area contributed by atoms with Crippen molar-refractivity contribution in [2.45, 2.75) is 72.6 Å². The van der Waals surface area contributed by atoms with Crippen LogP contribution in [-0.4, -0.2) is 25.2 Å². The Labute approximate surface area is 287 Å². The number of unbranched alkanes of at least 4 members (excludes halogenated alkanes) is 3. The number of halogens is 2. The third-order valence-electron chi connectivity index (χ3n) is 6.71. The lowest BCUT2D eigenvalue weighted by Crippen LogP contribution is -2.08. The maximum absolute atomic E-state index is 12.8. The second kappa shape index (κ2) is 16.7. The lowest BCUT2D eigenvalue weighted by atomic mass is 10.0. The minimum atomic E-state index is -0.255. The fourth-order valence-corrected chi connectivity index (χ4v) is 11.0. The molecule has 4 rings (SSSR count). The van der Waals surface area contributed by atoms with Crippen molar-refractivity contribution in [2.75, 3.05) is 13.2 Å².